The van der Waals surface area contributed by atoms with Crippen LogP contribution in [-0.4, -0.2) is 23.0 Å². The lowest BCUT2D eigenvalue weighted by molar-refractivity contribution is -0.120. The third kappa shape index (κ3) is 6.49. The van der Waals surface area contributed by atoms with E-state index in [0.717, 1.165) is 11.5 Å². The maximum absolute atomic E-state index is 10.6. The van der Waals surface area contributed by atoms with E-state index >= 15 is 0 Å². The number of hydrogen-bond donors (Lipinski definition) is 2. The second kappa shape index (κ2) is 4.72. The maximum Gasteiger partial charge on any atom is 0.221 e. The molecule has 1 atom stereocenters. The molecular formula is C8H18N2OS. The zero-order chi connectivity index (χ0) is 9.78. The summed E-state index contributed by atoms with van der Waals surface area (Å²) >= 11 is 1.67. The Bertz CT molecular complexity index is 154. The highest BCUT2D eigenvalue weighted by Gasteiger charge is 2.13. The van der Waals surface area contributed by atoms with Gasteiger partial charge in [-0.15, -0.1) is 0 Å². The molecule has 0 aromatic heterocycles. The van der Waals surface area contributed by atoms with Crippen molar-refractivity contribution < 1.29 is 4.79 Å². The predicted molar refractivity (Wildman–Crippen MR) is 53.9 cm³/mol. The lowest BCUT2D eigenvalue weighted by Gasteiger charge is -2.18. The van der Waals surface area contributed by atoms with Gasteiger partial charge in [0.1, 0.15) is 0 Å². The van der Waals surface area contributed by atoms with E-state index in [9.17, 15) is 4.79 Å². The first-order chi connectivity index (χ1) is 5.33. The van der Waals surface area contributed by atoms with Crippen LogP contribution in [0, 0.1) is 5.92 Å². The van der Waals surface area contributed by atoms with Crippen molar-refractivity contribution in [3.05, 3.63) is 0 Å². The van der Waals surface area contributed by atoms with Gasteiger partial charge in [-0.3, -0.25) is 4.79 Å². The van der Waals surface area contributed by atoms with E-state index in [-0.39, 0.29) is 17.4 Å². The van der Waals surface area contributed by atoms with E-state index < -0.39 is 0 Å². The van der Waals surface area contributed by atoms with Gasteiger partial charge in [0.15, 0.2) is 0 Å². The largest absolute Gasteiger partial charge is 0.369 e. The summed E-state index contributed by atoms with van der Waals surface area (Å²) in [7, 11) is 0. The third-order valence-corrected chi connectivity index (χ3v) is 3.01. The summed E-state index contributed by atoms with van der Waals surface area (Å²) in [6.07, 6.45) is 0. The number of rotatable bonds is 5. The van der Waals surface area contributed by atoms with Crippen molar-refractivity contribution in [1.29, 1.82) is 0 Å². The van der Waals surface area contributed by atoms with Crippen molar-refractivity contribution in [3.63, 3.8) is 0 Å². The van der Waals surface area contributed by atoms with Crippen LogP contribution in [0.15, 0.2) is 0 Å². The van der Waals surface area contributed by atoms with Crippen molar-refractivity contribution in [3.8, 4) is 0 Å². The van der Waals surface area contributed by atoms with Crippen molar-refractivity contribution in [2.75, 3.05) is 11.5 Å². The monoisotopic (exact) mass is 190 g/mol. The summed E-state index contributed by atoms with van der Waals surface area (Å²) in [5, 5.41) is 0. The summed E-state index contributed by atoms with van der Waals surface area (Å²) in [5.41, 5.74) is 10.7. The Morgan fingerprint density at radius 1 is 1.58 bits per heavy atom. The van der Waals surface area contributed by atoms with Gasteiger partial charge in [-0.05, 0) is 13.8 Å². The van der Waals surface area contributed by atoms with Crippen LogP contribution in [-0.2, 0) is 4.79 Å². The fourth-order valence-corrected chi connectivity index (χ4v) is 1.74. The molecule has 0 aliphatic carbocycles. The van der Waals surface area contributed by atoms with Gasteiger partial charge >= 0.3 is 0 Å². The van der Waals surface area contributed by atoms with Crippen LogP contribution in [0.2, 0.25) is 0 Å². The third-order valence-electron chi connectivity index (χ3n) is 1.33. The summed E-state index contributed by atoms with van der Waals surface area (Å²) in [5.74, 6) is 1.32. The molecule has 72 valence electrons. The zero-order valence-electron chi connectivity index (χ0n) is 7.96. The molecule has 1 amide bonds. The number of hydrogen-bond acceptors (Lipinski definition) is 3. The van der Waals surface area contributed by atoms with Crippen molar-refractivity contribution >= 4 is 17.7 Å². The Kier molecular flexibility index (Phi) is 4.63. The maximum atomic E-state index is 10.6. The Labute approximate surface area is 78.3 Å². The minimum atomic E-state index is -0.239. The Balaban J connectivity index is 3.51. The number of nitrogens with two attached hydrogens (primary N) is 2. The van der Waals surface area contributed by atoms with Crippen LogP contribution in [0.5, 0.6) is 0 Å². The summed E-state index contributed by atoms with van der Waals surface area (Å²) < 4.78 is 0. The number of primary amides is 1. The highest BCUT2D eigenvalue weighted by atomic mass is 32.2. The fourth-order valence-electron chi connectivity index (χ4n) is 0.581. The van der Waals surface area contributed by atoms with Crippen LogP contribution in [0.3, 0.4) is 0 Å². The molecule has 4 heteroatoms. The second-order valence-corrected chi connectivity index (χ2v) is 4.84. The standard InChI is InChI=1S/C8H18N2OS/c1-6(7(9)11)4-12-5-8(2,3)10/h6H,4-5,10H2,1-3H3,(H2,9,11). The van der Waals surface area contributed by atoms with Crippen molar-refractivity contribution in [1.82, 2.24) is 0 Å². The van der Waals surface area contributed by atoms with E-state index in [0.29, 0.717) is 0 Å². The van der Waals surface area contributed by atoms with E-state index in [1.165, 1.54) is 0 Å². The first-order valence-corrected chi connectivity index (χ1v) is 5.14. The Morgan fingerprint density at radius 3 is 2.42 bits per heavy atom. The van der Waals surface area contributed by atoms with Gasteiger partial charge in [0, 0.05) is 23.0 Å². The van der Waals surface area contributed by atoms with Gasteiger partial charge in [0.2, 0.25) is 5.91 Å². The molecular weight excluding hydrogens is 172 g/mol. The molecule has 0 heterocycles. The smallest absolute Gasteiger partial charge is 0.221 e. The SMILES string of the molecule is CC(CSCC(C)(C)N)C(N)=O. The molecule has 1 unspecified atom stereocenters. The first kappa shape index (κ1) is 11.8. The zero-order valence-corrected chi connectivity index (χ0v) is 8.78. The van der Waals surface area contributed by atoms with E-state index in [4.69, 9.17) is 11.5 Å². The van der Waals surface area contributed by atoms with E-state index in [2.05, 4.69) is 0 Å². The van der Waals surface area contributed by atoms with Gasteiger partial charge in [0.05, 0.1) is 0 Å². The molecule has 4 N–H and O–H groups in total. The highest BCUT2D eigenvalue weighted by molar-refractivity contribution is 7.99. The molecule has 0 saturated carbocycles. The van der Waals surface area contributed by atoms with Crippen LogP contribution < -0.4 is 11.5 Å². The molecule has 0 aromatic carbocycles. The average Bonchev–Trinajstić information content (AvgIpc) is 1.84. The number of thioether (sulfide) groups is 1. The first-order valence-electron chi connectivity index (χ1n) is 3.99. The normalized spacial score (nSPS) is 14.3. The topological polar surface area (TPSA) is 69.1 Å². The molecule has 0 saturated heterocycles. The summed E-state index contributed by atoms with van der Waals surface area (Å²) in [6, 6.07) is 0. The molecule has 0 spiro atoms. The van der Waals surface area contributed by atoms with Crippen molar-refractivity contribution in [2.45, 2.75) is 26.3 Å². The second-order valence-electron chi connectivity index (χ2n) is 3.81. The van der Waals surface area contributed by atoms with Gasteiger partial charge < -0.3 is 11.5 Å². The molecule has 0 bridgehead atoms. The summed E-state index contributed by atoms with van der Waals surface area (Å²) in [4.78, 5) is 10.6. The number of amides is 1. The fraction of sp³-hybridized carbons (Fsp3) is 0.875. The quantitative estimate of drug-likeness (QED) is 0.666. The molecule has 0 aliphatic heterocycles. The van der Waals surface area contributed by atoms with Crippen molar-refractivity contribution in [2.24, 2.45) is 17.4 Å². The highest BCUT2D eigenvalue weighted by Crippen LogP contribution is 2.13. The van der Waals surface area contributed by atoms with Crippen LogP contribution in [0.25, 0.3) is 0 Å². The predicted octanol–water partition coefficient (Wildman–Crippen LogP) is 0.578. The average molecular weight is 190 g/mol. The molecule has 0 aliphatic rings. The number of carbonyl (C=O) groups is 1. The van der Waals surface area contributed by atoms with E-state index in [1.807, 2.05) is 20.8 Å². The minimum absolute atomic E-state index is 0.0580. The lowest BCUT2D eigenvalue weighted by atomic mass is 10.1. The molecule has 0 rings (SSSR count). The van der Waals surface area contributed by atoms with Crippen LogP contribution >= 0.6 is 11.8 Å². The van der Waals surface area contributed by atoms with Gasteiger partial charge in [-0.2, -0.15) is 11.8 Å². The molecule has 12 heavy (non-hydrogen) atoms. The van der Waals surface area contributed by atoms with E-state index in [1.54, 1.807) is 11.8 Å². The van der Waals surface area contributed by atoms with Crippen LogP contribution in [0.4, 0.5) is 0 Å². The lowest BCUT2D eigenvalue weighted by Crippen LogP contribution is -2.35. The summed E-state index contributed by atoms with van der Waals surface area (Å²) in [6.45, 7) is 5.77. The van der Waals surface area contributed by atoms with Gasteiger partial charge in [-0.1, -0.05) is 6.92 Å². The van der Waals surface area contributed by atoms with Crippen LogP contribution in [0.1, 0.15) is 20.8 Å². The molecule has 0 fully saturated rings. The van der Waals surface area contributed by atoms with Gasteiger partial charge in [-0.25, -0.2) is 0 Å². The molecule has 3 nitrogen and oxygen atoms in total. The Hall–Kier alpha value is -0.220. The van der Waals surface area contributed by atoms with Gasteiger partial charge in [0.25, 0.3) is 0 Å². The molecule has 0 aromatic rings. The Morgan fingerprint density at radius 2 is 2.08 bits per heavy atom. The number of carbonyl (C=O) groups excluding carboxylic acids is 1. The minimum Gasteiger partial charge on any atom is -0.369 e. The molecule has 0 radical (unpaired) electrons.